The van der Waals surface area contributed by atoms with Gasteiger partial charge in [0.15, 0.2) is 0 Å². The highest BCUT2D eigenvalue weighted by Gasteiger charge is 2.36. The zero-order chi connectivity index (χ0) is 16.3. The first kappa shape index (κ1) is 15.9. The van der Waals surface area contributed by atoms with E-state index < -0.39 is 0 Å². The Morgan fingerprint density at radius 2 is 1.70 bits per heavy atom. The van der Waals surface area contributed by atoms with Gasteiger partial charge in [-0.25, -0.2) is 0 Å². The molecule has 0 atom stereocenters. The van der Waals surface area contributed by atoms with Gasteiger partial charge in [0.1, 0.15) is 6.29 Å². The molecule has 1 aliphatic heterocycles. The van der Waals surface area contributed by atoms with Gasteiger partial charge >= 0.3 is 0 Å². The lowest BCUT2D eigenvalue weighted by Gasteiger charge is -2.39. The van der Waals surface area contributed by atoms with Gasteiger partial charge in [-0.15, -0.1) is 0 Å². The molecule has 2 heteroatoms. The van der Waals surface area contributed by atoms with E-state index in [9.17, 15) is 4.79 Å². The summed E-state index contributed by atoms with van der Waals surface area (Å²) in [5, 5.41) is 0. The fraction of sp³-hybridized carbons (Fsp3) is 0.381. The first-order valence-corrected chi connectivity index (χ1v) is 8.43. The van der Waals surface area contributed by atoms with E-state index in [1.165, 1.54) is 28.5 Å². The van der Waals surface area contributed by atoms with Crippen molar-refractivity contribution >= 4 is 6.29 Å². The van der Waals surface area contributed by atoms with E-state index in [4.69, 9.17) is 0 Å². The molecule has 0 aliphatic carbocycles. The minimum absolute atomic E-state index is 0.300. The third-order valence-corrected chi connectivity index (χ3v) is 5.30. The van der Waals surface area contributed by atoms with Gasteiger partial charge in [-0.1, -0.05) is 48.5 Å². The Balaban J connectivity index is 1.72. The largest absolute Gasteiger partial charge is 0.302 e. The van der Waals surface area contributed by atoms with E-state index in [0.29, 0.717) is 0 Å². The standard InChI is InChI=1S/C21H25NO/c1-17-8-9-20(14-18(17)2)21(16-23)10-12-22(13-11-21)15-19-6-4-3-5-7-19/h3-9,14,16H,10-13,15H2,1-2H3. The number of carbonyl (C=O) groups is 1. The van der Waals surface area contributed by atoms with Crippen LogP contribution in [0.2, 0.25) is 0 Å². The molecule has 23 heavy (non-hydrogen) atoms. The monoisotopic (exact) mass is 307 g/mol. The third-order valence-electron chi connectivity index (χ3n) is 5.30. The second-order valence-corrected chi connectivity index (χ2v) is 6.83. The molecule has 120 valence electrons. The molecule has 0 saturated carbocycles. The van der Waals surface area contributed by atoms with E-state index in [1.807, 2.05) is 0 Å². The van der Waals surface area contributed by atoms with Gasteiger partial charge in [-0.3, -0.25) is 4.90 Å². The molecule has 0 bridgehead atoms. The number of piperidine rings is 1. The van der Waals surface area contributed by atoms with Gasteiger partial charge in [-0.2, -0.15) is 0 Å². The number of aryl methyl sites for hydroxylation is 2. The van der Waals surface area contributed by atoms with E-state index in [2.05, 4.69) is 67.3 Å². The van der Waals surface area contributed by atoms with E-state index >= 15 is 0 Å². The number of aldehydes is 1. The van der Waals surface area contributed by atoms with Crippen LogP contribution < -0.4 is 0 Å². The molecule has 0 N–H and O–H groups in total. The highest BCUT2D eigenvalue weighted by molar-refractivity contribution is 5.69. The smallest absolute Gasteiger partial charge is 0.130 e. The van der Waals surface area contributed by atoms with Crippen molar-refractivity contribution in [2.24, 2.45) is 0 Å². The first-order valence-electron chi connectivity index (χ1n) is 8.43. The zero-order valence-corrected chi connectivity index (χ0v) is 14.1. The molecule has 1 heterocycles. The predicted molar refractivity (Wildman–Crippen MR) is 94.6 cm³/mol. The number of likely N-dealkylation sites (tertiary alicyclic amines) is 1. The fourth-order valence-corrected chi connectivity index (χ4v) is 3.48. The van der Waals surface area contributed by atoms with Crippen molar-refractivity contribution in [3.63, 3.8) is 0 Å². The Bertz CT molecular complexity index is 669. The van der Waals surface area contributed by atoms with E-state index in [1.54, 1.807) is 0 Å². The van der Waals surface area contributed by atoms with Crippen molar-refractivity contribution in [3.8, 4) is 0 Å². The summed E-state index contributed by atoms with van der Waals surface area (Å²) in [5.41, 5.74) is 4.80. The summed E-state index contributed by atoms with van der Waals surface area (Å²) in [6.45, 7) is 7.17. The predicted octanol–water partition coefficient (Wildman–Crippen LogP) is 4.04. The van der Waals surface area contributed by atoms with Crippen LogP contribution in [0.5, 0.6) is 0 Å². The van der Waals surface area contributed by atoms with Crippen molar-refractivity contribution in [3.05, 3.63) is 70.8 Å². The molecule has 0 unspecified atom stereocenters. The Labute approximate surface area is 139 Å². The topological polar surface area (TPSA) is 20.3 Å². The van der Waals surface area contributed by atoms with Crippen LogP contribution in [0.1, 0.15) is 35.1 Å². The SMILES string of the molecule is Cc1ccc(C2(C=O)CCN(Cc3ccccc3)CC2)cc1C. The van der Waals surface area contributed by atoms with Crippen LogP contribution in [-0.2, 0) is 16.8 Å². The number of nitrogens with zero attached hydrogens (tertiary/aromatic N) is 1. The molecule has 0 aromatic heterocycles. The minimum atomic E-state index is -0.300. The van der Waals surface area contributed by atoms with Crippen LogP contribution in [0.4, 0.5) is 0 Å². The van der Waals surface area contributed by atoms with Gasteiger partial charge in [0.2, 0.25) is 0 Å². The minimum Gasteiger partial charge on any atom is -0.302 e. The summed E-state index contributed by atoms with van der Waals surface area (Å²) >= 11 is 0. The quantitative estimate of drug-likeness (QED) is 0.795. The van der Waals surface area contributed by atoms with Crippen molar-refractivity contribution in [2.75, 3.05) is 13.1 Å². The second-order valence-electron chi connectivity index (χ2n) is 6.83. The van der Waals surface area contributed by atoms with Gasteiger partial charge in [0.05, 0.1) is 5.41 Å². The van der Waals surface area contributed by atoms with Crippen LogP contribution in [-0.4, -0.2) is 24.3 Å². The highest BCUT2D eigenvalue weighted by atomic mass is 16.1. The van der Waals surface area contributed by atoms with Crippen LogP contribution in [0.25, 0.3) is 0 Å². The van der Waals surface area contributed by atoms with Crippen LogP contribution in [0.3, 0.4) is 0 Å². The molecule has 0 amide bonds. The van der Waals surface area contributed by atoms with Gasteiger partial charge in [0.25, 0.3) is 0 Å². The Hall–Kier alpha value is -1.93. The third kappa shape index (κ3) is 3.37. The van der Waals surface area contributed by atoms with E-state index in [0.717, 1.165) is 32.5 Å². The number of hydrogen-bond donors (Lipinski definition) is 0. The average molecular weight is 307 g/mol. The summed E-state index contributed by atoms with van der Waals surface area (Å²) < 4.78 is 0. The number of carbonyl (C=O) groups excluding carboxylic acids is 1. The molecule has 2 aromatic rings. The molecule has 1 aliphatic rings. The highest BCUT2D eigenvalue weighted by Crippen LogP contribution is 2.35. The summed E-state index contributed by atoms with van der Waals surface area (Å²) in [4.78, 5) is 14.4. The molecular weight excluding hydrogens is 282 g/mol. The molecule has 0 spiro atoms. The molecule has 0 radical (unpaired) electrons. The summed E-state index contributed by atoms with van der Waals surface area (Å²) in [7, 11) is 0. The molecule has 2 aromatic carbocycles. The average Bonchev–Trinajstić information content (AvgIpc) is 2.59. The number of rotatable bonds is 4. The van der Waals surface area contributed by atoms with Crippen LogP contribution in [0, 0.1) is 13.8 Å². The normalized spacial score (nSPS) is 17.8. The lowest BCUT2D eigenvalue weighted by molar-refractivity contribution is -0.114. The van der Waals surface area contributed by atoms with E-state index in [-0.39, 0.29) is 5.41 Å². The molecule has 1 saturated heterocycles. The Morgan fingerprint density at radius 1 is 1.00 bits per heavy atom. The molecular formula is C21H25NO. The van der Waals surface area contributed by atoms with Crippen molar-refractivity contribution in [1.82, 2.24) is 4.90 Å². The van der Waals surface area contributed by atoms with Crippen molar-refractivity contribution in [1.29, 1.82) is 0 Å². The maximum absolute atomic E-state index is 11.9. The lowest BCUT2D eigenvalue weighted by atomic mass is 9.73. The zero-order valence-electron chi connectivity index (χ0n) is 14.1. The summed E-state index contributed by atoms with van der Waals surface area (Å²) in [5.74, 6) is 0. The summed E-state index contributed by atoms with van der Waals surface area (Å²) in [6.07, 6.45) is 3.01. The van der Waals surface area contributed by atoms with Gasteiger partial charge < -0.3 is 4.79 Å². The second kappa shape index (κ2) is 6.67. The Kier molecular flexibility index (Phi) is 4.63. The van der Waals surface area contributed by atoms with Crippen molar-refractivity contribution in [2.45, 2.75) is 38.6 Å². The first-order chi connectivity index (χ1) is 11.1. The molecule has 1 fully saturated rings. The van der Waals surface area contributed by atoms with Gasteiger partial charge in [0, 0.05) is 6.54 Å². The Morgan fingerprint density at radius 3 is 2.30 bits per heavy atom. The molecule has 2 nitrogen and oxygen atoms in total. The molecule has 3 rings (SSSR count). The fourth-order valence-electron chi connectivity index (χ4n) is 3.48. The van der Waals surface area contributed by atoms with Gasteiger partial charge in [-0.05, 0) is 62.0 Å². The maximum atomic E-state index is 11.9. The van der Waals surface area contributed by atoms with Crippen LogP contribution >= 0.6 is 0 Å². The van der Waals surface area contributed by atoms with Crippen LogP contribution in [0.15, 0.2) is 48.5 Å². The maximum Gasteiger partial charge on any atom is 0.130 e. The summed E-state index contributed by atoms with van der Waals surface area (Å²) in [6, 6.07) is 17.1. The lowest BCUT2D eigenvalue weighted by Crippen LogP contribution is -2.43. The van der Waals surface area contributed by atoms with Crippen molar-refractivity contribution < 1.29 is 4.79 Å². The number of benzene rings is 2. The number of hydrogen-bond acceptors (Lipinski definition) is 2.